The van der Waals surface area contributed by atoms with Crippen LogP contribution in [0, 0.1) is 0 Å². The van der Waals surface area contributed by atoms with Crippen LogP contribution in [0.1, 0.15) is 17.3 Å². The molecule has 1 aromatic rings. The van der Waals surface area contributed by atoms with Gasteiger partial charge in [0, 0.05) is 17.0 Å². The number of carbonyl (C=O) groups is 2. The Hall–Kier alpha value is -2.36. The van der Waals surface area contributed by atoms with Gasteiger partial charge in [0.25, 0.3) is 0 Å². The van der Waals surface area contributed by atoms with Gasteiger partial charge in [0.2, 0.25) is 5.76 Å². The molecule has 1 aromatic heterocycles. The summed E-state index contributed by atoms with van der Waals surface area (Å²) in [4.78, 5) is 26.6. The number of aliphatic hydroxyl groups is 1. The molecule has 1 rings (SSSR count). The molecule has 0 amide bonds. The summed E-state index contributed by atoms with van der Waals surface area (Å²) in [5.74, 6) is -4.25. The minimum atomic E-state index is -5.14. The molecule has 0 aliphatic rings. The van der Waals surface area contributed by atoms with Crippen LogP contribution in [0.4, 0.5) is 18.9 Å². The average Bonchev–Trinajstić information content (AvgIpc) is 2.94. The second-order valence-corrected chi connectivity index (χ2v) is 4.64. The SMILES string of the molecule is CCOC(=O)/C(C=Nc1cscc1C(=O)OC)=C(/O)C(F)(F)F. The number of halogens is 3. The van der Waals surface area contributed by atoms with Crippen molar-refractivity contribution in [2.45, 2.75) is 13.1 Å². The molecule has 0 spiro atoms. The van der Waals surface area contributed by atoms with Crippen LogP contribution in [-0.4, -0.2) is 43.2 Å². The number of hydrogen-bond acceptors (Lipinski definition) is 7. The summed E-state index contributed by atoms with van der Waals surface area (Å²) in [5.41, 5.74) is -1.15. The lowest BCUT2D eigenvalue weighted by Gasteiger charge is -2.09. The molecule has 0 atom stereocenters. The van der Waals surface area contributed by atoms with E-state index in [9.17, 15) is 22.8 Å². The molecule has 0 aromatic carbocycles. The number of esters is 2. The number of allylic oxidation sites excluding steroid dienone is 1. The maximum absolute atomic E-state index is 12.6. The van der Waals surface area contributed by atoms with Crippen molar-refractivity contribution in [1.29, 1.82) is 0 Å². The van der Waals surface area contributed by atoms with Crippen molar-refractivity contribution in [3.63, 3.8) is 0 Å². The molecule has 10 heteroatoms. The summed E-state index contributed by atoms with van der Waals surface area (Å²) in [5, 5.41) is 11.9. The van der Waals surface area contributed by atoms with Gasteiger partial charge in [0.15, 0.2) is 0 Å². The summed E-state index contributed by atoms with van der Waals surface area (Å²) in [6.45, 7) is 1.21. The first-order valence-electron chi connectivity index (χ1n) is 6.08. The maximum Gasteiger partial charge on any atom is 0.449 e. The molecule has 0 aliphatic carbocycles. The van der Waals surface area contributed by atoms with Gasteiger partial charge < -0.3 is 14.6 Å². The lowest BCUT2D eigenvalue weighted by Crippen LogP contribution is -2.20. The first-order valence-corrected chi connectivity index (χ1v) is 7.02. The Morgan fingerprint density at radius 1 is 1.39 bits per heavy atom. The van der Waals surface area contributed by atoms with Gasteiger partial charge in [-0.05, 0) is 6.92 Å². The zero-order valence-electron chi connectivity index (χ0n) is 12.0. The van der Waals surface area contributed by atoms with Crippen molar-refractivity contribution in [3.8, 4) is 0 Å². The van der Waals surface area contributed by atoms with E-state index in [-0.39, 0.29) is 17.9 Å². The lowest BCUT2D eigenvalue weighted by molar-refractivity contribution is -0.141. The fourth-order valence-corrected chi connectivity index (χ4v) is 2.10. The van der Waals surface area contributed by atoms with E-state index in [1.54, 1.807) is 0 Å². The molecule has 0 fully saturated rings. The minimum Gasteiger partial charge on any atom is -0.504 e. The number of alkyl halides is 3. The molecule has 0 bridgehead atoms. The van der Waals surface area contributed by atoms with Crippen molar-refractivity contribution in [2.24, 2.45) is 4.99 Å². The predicted molar refractivity (Wildman–Crippen MR) is 76.2 cm³/mol. The largest absolute Gasteiger partial charge is 0.504 e. The first-order chi connectivity index (χ1) is 10.7. The number of methoxy groups -OCH3 is 1. The van der Waals surface area contributed by atoms with Crippen LogP contribution in [0.25, 0.3) is 0 Å². The monoisotopic (exact) mass is 351 g/mol. The van der Waals surface area contributed by atoms with Crippen molar-refractivity contribution in [2.75, 3.05) is 13.7 Å². The molecule has 0 saturated heterocycles. The maximum atomic E-state index is 12.6. The normalized spacial score (nSPS) is 12.9. The summed E-state index contributed by atoms with van der Waals surface area (Å²) in [7, 11) is 1.13. The molecule has 0 aliphatic heterocycles. The molecule has 0 radical (unpaired) electrons. The van der Waals surface area contributed by atoms with Crippen molar-refractivity contribution >= 4 is 35.2 Å². The summed E-state index contributed by atoms with van der Waals surface area (Å²) >= 11 is 1.06. The van der Waals surface area contributed by atoms with Crippen LogP contribution in [0.15, 0.2) is 27.1 Å². The van der Waals surface area contributed by atoms with E-state index in [2.05, 4.69) is 14.5 Å². The molecule has 0 saturated carbocycles. The Labute approximate surface area is 132 Å². The van der Waals surface area contributed by atoms with Gasteiger partial charge in [-0.1, -0.05) is 0 Å². The fraction of sp³-hybridized carbons (Fsp3) is 0.308. The molecule has 6 nitrogen and oxygen atoms in total. The third kappa shape index (κ3) is 4.81. The Kier molecular flexibility index (Phi) is 6.31. The molecule has 126 valence electrons. The second kappa shape index (κ2) is 7.77. The zero-order valence-corrected chi connectivity index (χ0v) is 12.8. The molecule has 23 heavy (non-hydrogen) atoms. The van der Waals surface area contributed by atoms with Gasteiger partial charge >= 0.3 is 18.1 Å². The van der Waals surface area contributed by atoms with Crippen LogP contribution in [-0.2, 0) is 14.3 Å². The molecular formula is C13H12F3NO5S. The number of aliphatic imine (C=N–C) groups is 1. The van der Waals surface area contributed by atoms with E-state index >= 15 is 0 Å². The van der Waals surface area contributed by atoms with E-state index in [4.69, 9.17) is 5.11 Å². The van der Waals surface area contributed by atoms with Crippen LogP contribution >= 0.6 is 11.3 Å². The molecule has 0 unspecified atom stereocenters. The predicted octanol–water partition coefficient (Wildman–Crippen LogP) is 3.17. The van der Waals surface area contributed by atoms with E-state index < -0.39 is 29.4 Å². The lowest BCUT2D eigenvalue weighted by atomic mass is 10.2. The average molecular weight is 351 g/mol. The highest BCUT2D eigenvalue weighted by molar-refractivity contribution is 7.08. The van der Waals surface area contributed by atoms with Crippen LogP contribution in [0.3, 0.4) is 0 Å². The van der Waals surface area contributed by atoms with E-state index in [0.29, 0.717) is 6.21 Å². The van der Waals surface area contributed by atoms with Gasteiger partial charge in [0.05, 0.1) is 25.0 Å². The summed E-state index contributed by atoms with van der Waals surface area (Å²) in [6.07, 6.45) is -4.65. The third-order valence-electron chi connectivity index (χ3n) is 2.40. The van der Waals surface area contributed by atoms with Gasteiger partial charge in [0.1, 0.15) is 5.57 Å². The Morgan fingerprint density at radius 3 is 2.57 bits per heavy atom. The highest BCUT2D eigenvalue weighted by Crippen LogP contribution is 2.28. The van der Waals surface area contributed by atoms with E-state index in [1.165, 1.54) is 17.7 Å². The number of aliphatic hydroxyl groups excluding tert-OH is 1. The van der Waals surface area contributed by atoms with Crippen LogP contribution in [0.5, 0.6) is 0 Å². The standard InChI is InChI=1S/C13H12F3NO5S/c1-3-22-12(20)7(10(18)13(14,15)16)4-17-9-6-23-5-8(9)11(19)21-2/h4-6,18H,3H2,1-2H3/b10-7+,17-4?. The van der Waals surface area contributed by atoms with Crippen LogP contribution in [0.2, 0.25) is 0 Å². The van der Waals surface area contributed by atoms with Gasteiger partial charge in [-0.2, -0.15) is 13.2 Å². The number of ether oxygens (including phenoxy) is 2. The highest BCUT2D eigenvalue weighted by Gasteiger charge is 2.38. The Bertz CT molecular complexity index is 648. The van der Waals surface area contributed by atoms with Crippen molar-refractivity contribution < 1.29 is 37.3 Å². The van der Waals surface area contributed by atoms with Crippen molar-refractivity contribution in [1.82, 2.24) is 0 Å². The molecular weight excluding hydrogens is 339 g/mol. The van der Waals surface area contributed by atoms with E-state index in [0.717, 1.165) is 18.4 Å². The van der Waals surface area contributed by atoms with E-state index in [1.807, 2.05) is 0 Å². The zero-order chi connectivity index (χ0) is 17.6. The highest BCUT2D eigenvalue weighted by atomic mass is 32.1. The topological polar surface area (TPSA) is 85.2 Å². The number of thiophene rings is 1. The number of rotatable bonds is 5. The smallest absolute Gasteiger partial charge is 0.449 e. The number of hydrogen-bond donors (Lipinski definition) is 1. The van der Waals surface area contributed by atoms with Crippen LogP contribution < -0.4 is 0 Å². The Balaban J connectivity index is 3.24. The summed E-state index contributed by atoms with van der Waals surface area (Å²) < 4.78 is 46.7. The van der Waals surface area contributed by atoms with Gasteiger partial charge in [-0.3, -0.25) is 4.99 Å². The minimum absolute atomic E-state index is 0.00128. The van der Waals surface area contributed by atoms with Gasteiger partial charge in [-0.25, -0.2) is 9.59 Å². The third-order valence-corrected chi connectivity index (χ3v) is 3.13. The number of nitrogens with zero attached hydrogens (tertiary/aromatic N) is 1. The fourth-order valence-electron chi connectivity index (χ4n) is 1.36. The molecule has 1 N–H and O–H groups in total. The first kappa shape index (κ1) is 18.7. The van der Waals surface area contributed by atoms with Gasteiger partial charge in [-0.15, -0.1) is 11.3 Å². The number of carbonyl (C=O) groups excluding carboxylic acids is 2. The summed E-state index contributed by atoms with van der Waals surface area (Å²) in [6, 6.07) is 0. The van der Waals surface area contributed by atoms with Crippen molar-refractivity contribution in [3.05, 3.63) is 27.7 Å². The molecule has 1 heterocycles. The Morgan fingerprint density at radius 2 is 2.04 bits per heavy atom. The quantitative estimate of drug-likeness (QED) is 0.381. The second-order valence-electron chi connectivity index (χ2n) is 3.90.